The van der Waals surface area contributed by atoms with E-state index in [1.165, 1.54) is 38.6 Å². The first-order valence-corrected chi connectivity index (χ1v) is 5.73. The molecule has 2 aliphatic rings. The zero-order valence-corrected chi connectivity index (χ0v) is 8.58. The Morgan fingerprint density at radius 2 is 1.92 bits per heavy atom. The maximum absolute atomic E-state index is 9.82. The molecule has 3 atom stereocenters. The SMILES string of the molecule is CC1CCCCN1C1CCCC1O. The molecule has 2 nitrogen and oxygen atoms in total. The van der Waals surface area contributed by atoms with Gasteiger partial charge in [0, 0.05) is 12.1 Å². The Bertz CT molecular complexity index is 171. The van der Waals surface area contributed by atoms with Gasteiger partial charge in [0.2, 0.25) is 0 Å². The van der Waals surface area contributed by atoms with Gasteiger partial charge in [-0.1, -0.05) is 6.42 Å². The highest BCUT2D eigenvalue weighted by Crippen LogP contribution is 2.29. The van der Waals surface area contributed by atoms with Gasteiger partial charge in [-0.25, -0.2) is 0 Å². The highest BCUT2D eigenvalue weighted by molar-refractivity contribution is 4.89. The number of piperidine rings is 1. The van der Waals surface area contributed by atoms with E-state index in [1.54, 1.807) is 0 Å². The smallest absolute Gasteiger partial charge is 0.0695 e. The molecule has 1 aliphatic heterocycles. The normalized spacial score (nSPS) is 42.5. The molecule has 0 amide bonds. The molecule has 1 aliphatic carbocycles. The summed E-state index contributed by atoms with van der Waals surface area (Å²) in [5.41, 5.74) is 0. The lowest BCUT2D eigenvalue weighted by Crippen LogP contribution is -2.48. The molecule has 0 aromatic rings. The van der Waals surface area contributed by atoms with E-state index < -0.39 is 0 Å². The zero-order chi connectivity index (χ0) is 9.26. The first-order chi connectivity index (χ1) is 6.29. The summed E-state index contributed by atoms with van der Waals surface area (Å²) in [5.74, 6) is 0. The van der Waals surface area contributed by atoms with E-state index in [0.717, 1.165) is 6.42 Å². The van der Waals surface area contributed by atoms with Crippen LogP contribution in [0.3, 0.4) is 0 Å². The van der Waals surface area contributed by atoms with Crippen molar-refractivity contribution in [3.63, 3.8) is 0 Å². The van der Waals surface area contributed by atoms with Gasteiger partial charge in [-0.15, -0.1) is 0 Å². The fourth-order valence-electron chi connectivity index (χ4n) is 2.92. The van der Waals surface area contributed by atoms with Gasteiger partial charge in [-0.05, 0) is 45.6 Å². The molecule has 0 bridgehead atoms. The molecule has 1 saturated heterocycles. The summed E-state index contributed by atoms with van der Waals surface area (Å²) < 4.78 is 0. The van der Waals surface area contributed by atoms with Crippen LogP contribution in [0.15, 0.2) is 0 Å². The van der Waals surface area contributed by atoms with Gasteiger partial charge >= 0.3 is 0 Å². The molecule has 0 aromatic carbocycles. The van der Waals surface area contributed by atoms with Crippen molar-refractivity contribution in [2.24, 2.45) is 0 Å². The third-order valence-electron chi connectivity index (χ3n) is 3.72. The van der Waals surface area contributed by atoms with Crippen LogP contribution in [0.5, 0.6) is 0 Å². The molecular weight excluding hydrogens is 162 g/mol. The number of hydrogen-bond acceptors (Lipinski definition) is 2. The molecular formula is C11H21NO. The van der Waals surface area contributed by atoms with Crippen LogP contribution in [0.4, 0.5) is 0 Å². The number of nitrogens with zero attached hydrogens (tertiary/aromatic N) is 1. The monoisotopic (exact) mass is 183 g/mol. The zero-order valence-electron chi connectivity index (χ0n) is 8.58. The lowest BCUT2D eigenvalue weighted by Gasteiger charge is -2.39. The minimum Gasteiger partial charge on any atom is -0.391 e. The Morgan fingerprint density at radius 3 is 2.54 bits per heavy atom. The highest BCUT2D eigenvalue weighted by Gasteiger charge is 2.33. The first kappa shape index (κ1) is 9.47. The summed E-state index contributed by atoms with van der Waals surface area (Å²) in [6.07, 6.45) is 7.44. The van der Waals surface area contributed by atoms with E-state index in [0.29, 0.717) is 12.1 Å². The number of aliphatic hydroxyl groups is 1. The average Bonchev–Trinajstić information content (AvgIpc) is 2.52. The van der Waals surface area contributed by atoms with Gasteiger partial charge in [0.05, 0.1) is 6.10 Å². The van der Waals surface area contributed by atoms with E-state index in [1.807, 2.05) is 0 Å². The van der Waals surface area contributed by atoms with Crippen LogP contribution in [0.1, 0.15) is 45.4 Å². The largest absolute Gasteiger partial charge is 0.391 e. The molecule has 2 heteroatoms. The number of likely N-dealkylation sites (tertiary alicyclic amines) is 1. The summed E-state index contributed by atoms with van der Waals surface area (Å²) in [4.78, 5) is 2.54. The van der Waals surface area contributed by atoms with Gasteiger partial charge in [0.15, 0.2) is 0 Å². The fourth-order valence-corrected chi connectivity index (χ4v) is 2.92. The molecule has 0 aromatic heterocycles. The molecule has 0 spiro atoms. The topological polar surface area (TPSA) is 23.5 Å². The van der Waals surface area contributed by atoms with Crippen molar-refractivity contribution in [3.8, 4) is 0 Å². The van der Waals surface area contributed by atoms with Crippen molar-refractivity contribution < 1.29 is 5.11 Å². The van der Waals surface area contributed by atoms with Gasteiger partial charge in [0.25, 0.3) is 0 Å². The van der Waals surface area contributed by atoms with E-state index in [9.17, 15) is 5.11 Å². The van der Waals surface area contributed by atoms with Crippen molar-refractivity contribution >= 4 is 0 Å². The minimum atomic E-state index is -0.0412. The second-order valence-corrected chi connectivity index (χ2v) is 4.65. The third-order valence-corrected chi connectivity index (χ3v) is 3.72. The molecule has 2 rings (SSSR count). The van der Waals surface area contributed by atoms with Gasteiger partial charge in [0.1, 0.15) is 0 Å². The molecule has 13 heavy (non-hydrogen) atoms. The lowest BCUT2D eigenvalue weighted by atomic mass is 10.00. The van der Waals surface area contributed by atoms with Crippen molar-refractivity contribution in [1.29, 1.82) is 0 Å². The second kappa shape index (κ2) is 3.97. The Labute approximate surface area is 80.9 Å². The van der Waals surface area contributed by atoms with Crippen LogP contribution in [-0.2, 0) is 0 Å². The predicted molar refractivity (Wildman–Crippen MR) is 53.7 cm³/mol. The van der Waals surface area contributed by atoms with Crippen LogP contribution >= 0.6 is 0 Å². The first-order valence-electron chi connectivity index (χ1n) is 5.73. The maximum Gasteiger partial charge on any atom is 0.0695 e. The third kappa shape index (κ3) is 1.89. The number of aliphatic hydroxyl groups excluding tert-OH is 1. The fraction of sp³-hybridized carbons (Fsp3) is 1.00. The summed E-state index contributed by atoms with van der Waals surface area (Å²) in [5, 5.41) is 9.82. The van der Waals surface area contributed by atoms with E-state index in [2.05, 4.69) is 11.8 Å². The van der Waals surface area contributed by atoms with Crippen LogP contribution in [-0.4, -0.2) is 34.7 Å². The summed E-state index contributed by atoms with van der Waals surface area (Å²) >= 11 is 0. The molecule has 2 fully saturated rings. The van der Waals surface area contributed by atoms with Crippen molar-refractivity contribution in [2.75, 3.05) is 6.54 Å². The van der Waals surface area contributed by atoms with E-state index >= 15 is 0 Å². The maximum atomic E-state index is 9.82. The second-order valence-electron chi connectivity index (χ2n) is 4.65. The minimum absolute atomic E-state index is 0.0412. The van der Waals surface area contributed by atoms with Crippen molar-refractivity contribution in [1.82, 2.24) is 4.90 Å². The van der Waals surface area contributed by atoms with E-state index in [-0.39, 0.29) is 6.10 Å². The summed E-state index contributed by atoms with van der Waals surface area (Å²) in [6.45, 7) is 3.52. The van der Waals surface area contributed by atoms with Crippen LogP contribution in [0.25, 0.3) is 0 Å². The number of rotatable bonds is 1. The Balaban J connectivity index is 1.97. The average molecular weight is 183 g/mol. The standard InChI is InChI=1S/C11H21NO/c1-9-5-2-3-8-12(9)10-6-4-7-11(10)13/h9-11,13H,2-8H2,1H3. The van der Waals surface area contributed by atoms with Gasteiger partial charge in [-0.3, -0.25) is 4.90 Å². The Morgan fingerprint density at radius 1 is 1.08 bits per heavy atom. The Kier molecular flexibility index (Phi) is 2.89. The molecule has 76 valence electrons. The van der Waals surface area contributed by atoms with Crippen LogP contribution < -0.4 is 0 Å². The molecule has 0 radical (unpaired) electrons. The van der Waals surface area contributed by atoms with Gasteiger partial charge < -0.3 is 5.11 Å². The molecule has 1 saturated carbocycles. The molecule has 3 unspecified atom stereocenters. The Hall–Kier alpha value is -0.0800. The van der Waals surface area contributed by atoms with E-state index in [4.69, 9.17) is 0 Å². The highest BCUT2D eigenvalue weighted by atomic mass is 16.3. The molecule has 1 N–H and O–H groups in total. The summed E-state index contributed by atoms with van der Waals surface area (Å²) in [7, 11) is 0. The quantitative estimate of drug-likeness (QED) is 0.670. The van der Waals surface area contributed by atoms with Crippen molar-refractivity contribution in [3.05, 3.63) is 0 Å². The van der Waals surface area contributed by atoms with Crippen LogP contribution in [0.2, 0.25) is 0 Å². The summed E-state index contributed by atoms with van der Waals surface area (Å²) in [6, 6.07) is 1.18. The number of hydrogen-bond donors (Lipinski definition) is 1. The predicted octanol–water partition coefficient (Wildman–Crippen LogP) is 1.77. The lowest BCUT2D eigenvalue weighted by molar-refractivity contribution is 0.0307. The van der Waals surface area contributed by atoms with Crippen LogP contribution in [0, 0.1) is 0 Å². The van der Waals surface area contributed by atoms with Crippen molar-refractivity contribution in [2.45, 2.75) is 63.6 Å². The molecule has 1 heterocycles. The van der Waals surface area contributed by atoms with Gasteiger partial charge in [-0.2, -0.15) is 0 Å².